The first-order chi connectivity index (χ1) is 9.71. The van der Waals surface area contributed by atoms with Crippen LogP contribution in [0.3, 0.4) is 0 Å². The van der Waals surface area contributed by atoms with Gasteiger partial charge in [-0.1, -0.05) is 11.8 Å². The van der Waals surface area contributed by atoms with Gasteiger partial charge in [0.25, 0.3) is 0 Å². The Bertz CT molecular complexity index is 466. The van der Waals surface area contributed by atoms with E-state index in [0.717, 1.165) is 49.9 Å². The molecular formula is C14H22N4OS. The van der Waals surface area contributed by atoms with Gasteiger partial charge in [-0.05, 0) is 32.1 Å². The van der Waals surface area contributed by atoms with Crippen molar-refractivity contribution in [3.05, 3.63) is 18.0 Å². The number of rotatable bonds is 4. The zero-order valence-corrected chi connectivity index (χ0v) is 12.9. The Hall–Kier alpha value is -0.690. The molecule has 1 N–H and O–H groups in total. The van der Waals surface area contributed by atoms with Gasteiger partial charge in [0.1, 0.15) is 0 Å². The summed E-state index contributed by atoms with van der Waals surface area (Å²) in [5, 5.41) is 3.28. The van der Waals surface area contributed by atoms with E-state index in [1.165, 1.54) is 0 Å². The highest BCUT2D eigenvalue weighted by Gasteiger charge is 2.44. The van der Waals surface area contributed by atoms with Crippen molar-refractivity contribution in [2.75, 3.05) is 26.0 Å². The smallest absolute Gasteiger partial charge is 0.187 e. The van der Waals surface area contributed by atoms with Crippen LogP contribution in [0.25, 0.3) is 0 Å². The molecule has 2 aliphatic rings. The SMILES string of the molecule is CSc1nccc(CC2(C)CNN2C2CCOCC2)n1. The van der Waals surface area contributed by atoms with E-state index in [9.17, 15) is 0 Å². The van der Waals surface area contributed by atoms with Gasteiger partial charge in [-0.2, -0.15) is 0 Å². The molecule has 20 heavy (non-hydrogen) atoms. The zero-order chi connectivity index (χ0) is 14.0. The Kier molecular flexibility index (Phi) is 4.26. The number of thioether (sulfide) groups is 1. The fraction of sp³-hybridized carbons (Fsp3) is 0.714. The molecule has 110 valence electrons. The van der Waals surface area contributed by atoms with Crippen molar-refractivity contribution in [2.45, 2.75) is 42.9 Å². The molecule has 5 nitrogen and oxygen atoms in total. The molecule has 3 rings (SSSR count). The van der Waals surface area contributed by atoms with Gasteiger partial charge in [0.2, 0.25) is 0 Å². The first-order valence-corrected chi connectivity index (χ1v) is 8.40. The van der Waals surface area contributed by atoms with Gasteiger partial charge >= 0.3 is 0 Å². The Balaban J connectivity index is 1.68. The number of ether oxygens (including phenoxy) is 1. The summed E-state index contributed by atoms with van der Waals surface area (Å²) in [6, 6.07) is 2.62. The van der Waals surface area contributed by atoms with Crippen LogP contribution in [0, 0.1) is 0 Å². The third-order valence-electron chi connectivity index (χ3n) is 4.20. The Morgan fingerprint density at radius 2 is 2.30 bits per heavy atom. The lowest BCUT2D eigenvalue weighted by molar-refractivity contribution is -0.115. The summed E-state index contributed by atoms with van der Waals surface area (Å²) in [7, 11) is 0. The third-order valence-corrected chi connectivity index (χ3v) is 4.77. The van der Waals surface area contributed by atoms with Gasteiger partial charge in [0, 0.05) is 44.1 Å². The summed E-state index contributed by atoms with van der Waals surface area (Å²) in [6.45, 7) is 5.09. The lowest BCUT2D eigenvalue weighted by Crippen LogP contribution is -2.74. The minimum Gasteiger partial charge on any atom is -0.381 e. The van der Waals surface area contributed by atoms with Crippen molar-refractivity contribution < 1.29 is 4.74 Å². The third kappa shape index (κ3) is 2.83. The van der Waals surface area contributed by atoms with Gasteiger partial charge in [-0.15, -0.1) is 0 Å². The second kappa shape index (κ2) is 5.97. The normalized spacial score (nSPS) is 28.3. The summed E-state index contributed by atoms with van der Waals surface area (Å²) >= 11 is 1.60. The maximum atomic E-state index is 5.46. The van der Waals surface area contributed by atoms with Crippen LogP contribution in [0.15, 0.2) is 17.4 Å². The summed E-state index contributed by atoms with van der Waals surface area (Å²) in [5.74, 6) is 0. The molecular weight excluding hydrogens is 272 g/mol. The van der Waals surface area contributed by atoms with E-state index in [2.05, 4.69) is 27.3 Å². The standard InChI is InChI=1S/C14H22N4OS/c1-14(9-11-3-6-15-13(17-11)20-2)10-16-18(14)12-4-7-19-8-5-12/h3,6,12,16H,4-5,7-10H2,1-2H3. The number of hydrogen-bond donors (Lipinski definition) is 1. The molecule has 2 saturated heterocycles. The molecule has 0 spiro atoms. The molecule has 0 aromatic carbocycles. The van der Waals surface area contributed by atoms with E-state index in [1.54, 1.807) is 11.8 Å². The minimum absolute atomic E-state index is 0.159. The molecule has 2 fully saturated rings. The van der Waals surface area contributed by atoms with E-state index >= 15 is 0 Å². The molecule has 1 aromatic heterocycles. The molecule has 0 bridgehead atoms. The van der Waals surface area contributed by atoms with Crippen molar-refractivity contribution in [1.82, 2.24) is 20.4 Å². The van der Waals surface area contributed by atoms with E-state index in [0.29, 0.717) is 6.04 Å². The van der Waals surface area contributed by atoms with Crippen LogP contribution in [-0.2, 0) is 11.2 Å². The Morgan fingerprint density at radius 1 is 1.50 bits per heavy atom. The zero-order valence-electron chi connectivity index (χ0n) is 12.1. The Labute approximate surface area is 124 Å². The van der Waals surface area contributed by atoms with Crippen molar-refractivity contribution in [2.24, 2.45) is 0 Å². The first-order valence-electron chi connectivity index (χ1n) is 7.18. The predicted octanol–water partition coefficient (Wildman–Crippen LogP) is 1.50. The Morgan fingerprint density at radius 3 is 2.95 bits per heavy atom. The highest BCUT2D eigenvalue weighted by Crippen LogP contribution is 2.30. The van der Waals surface area contributed by atoms with E-state index in [-0.39, 0.29) is 5.54 Å². The van der Waals surface area contributed by atoms with E-state index in [1.807, 2.05) is 18.5 Å². The van der Waals surface area contributed by atoms with Crippen LogP contribution in [-0.4, -0.2) is 52.6 Å². The number of hydrazine groups is 1. The van der Waals surface area contributed by atoms with E-state index in [4.69, 9.17) is 4.74 Å². The highest BCUT2D eigenvalue weighted by atomic mass is 32.2. The maximum absolute atomic E-state index is 5.46. The van der Waals surface area contributed by atoms with Crippen LogP contribution >= 0.6 is 11.8 Å². The van der Waals surface area contributed by atoms with Crippen molar-refractivity contribution >= 4 is 11.8 Å². The van der Waals surface area contributed by atoms with Crippen LogP contribution < -0.4 is 5.43 Å². The molecule has 1 unspecified atom stereocenters. The second-order valence-electron chi connectivity index (χ2n) is 5.76. The van der Waals surface area contributed by atoms with Crippen LogP contribution in [0.4, 0.5) is 0 Å². The molecule has 2 aliphatic heterocycles. The molecule has 1 atom stereocenters. The fourth-order valence-electron chi connectivity index (χ4n) is 3.06. The number of nitrogens with one attached hydrogen (secondary N) is 1. The second-order valence-corrected chi connectivity index (χ2v) is 6.53. The lowest BCUT2D eigenvalue weighted by Gasteiger charge is -2.55. The van der Waals surface area contributed by atoms with Crippen molar-refractivity contribution in [1.29, 1.82) is 0 Å². The average Bonchev–Trinajstić information content (AvgIpc) is 2.47. The first kappa shape index (κ1) is 14.3. The van der Waals surface area contributed by atoms with Crippen LogP contribution in [0.5, 0.6) is 0 Å². The molecule has 0 radical (unpaired) electrons. The van der Waals surface area contributed by atoms with Gasteiger partial charge < -0.3 is 4.74 Å². The van der Waals surface area contributed by atoms with Crippen molar-refractivity contribution in [3.8, 4) is 0 Å². The summed E-state index contributed by atoms with van der Waals surface area (Å²) < 4.78 is 5.46. The molecule has 0 saturated carbocycles. The largest absolute Gasteiger partial charge is 0.381 e. The van der Waals surface area contributed by atoms with Gasteiger partial charge in [0.05, 0.1) is 5.54 Å². The molecule has 0 aliphatic carbocycles. The molecule has 3 heterocycles. The number of aromatic nitrogens is 2. The topological polar surface area (TPSA) is 50.3 Å². The quantitative estimate of drug-likeness (QED) is 0.671. The highest BCUT2D eigenvalue weighted by molar-refractivity contribution is 7.98. The minimum atomic E-state index is 0.159. The van der Waals surface area contributed by atoms with E-state index < -0.39 is 0 Å². The average molecular weight is 294 g/mol. The molecule has 1 aromatic rings. The van der Waals surface area contributed by atoms with Crippen LogP contribution in [0.1, 0.15) is 25.5 Å². The van der Waals surface area contributed by atoms with Gasteiger partial charge in [0.15, 0.2) is 5.16 Å². The molecule has 0 amide bonds. The van der Waals surface area contributed by atoms with Gasteiger partial charge in [-0.25, -0.2) is 15.0 Å². The number of nitrogens with zero attached hydrogens (tertiary/aromatic N) is 3. The lowest BCUT2D eigenvalue weighted by atomic mass is 9.88. The fourth-order valence-corrected chi connectivity index (χ4v) is 3.44. The van der Waals surface area contributed by atoms with Crippen LogP contribution in [0.2, 0.25) is 0 Å². The summed E-state index contributed by atoms with van der Waals surface area (Å²) in [6.07, 6.45) is 7.07. The maximum Gasteiger partial charge on any atom is 0.187 e. The monoisotopic (exact) mass is 294 g/mol. The molecule has 6 heteroatoms. The number of hydrogen-bond acceptors (Lipinski definition) is 6. The van der Waals surface area contributed by atoms with Gasteiger partial charge in [-0.3, -0.25) is 5.43 Å². The predicted molar refractivity (Wildman–Crippen MR) is 79.6 cm³/mol. The summed E-state index contributed by atoms with van der Waals surface area (Å²) in [5.41, 5.74) is 4.77. The summed E-state index contributed by atoms with van der Waals surface area (Å²) in [4.78, 5) is 8.86. The van der Waals surface area contributed by atoms with Crippen molar-refractivity contribution in [3.63, 3.8) is 0 Å².